The Hall–Kier alpha value is -0.770. The second kappa shape index (κ2) is 5.04. The molecular weight excluding hydrogens is 228 g/mol. The standard InChI is InChI=1S/C12H17ClO3/c1-8(14)10-6-9(13)4-5-11(10)16-7-12(2,3)15/h4-6,8,14-15H,7H2,1-3H3/t8-/m0/s1. The fourth-order valence-electron chi connectivity index (χ4n) is 1.23. The van der Waals surface area contributed by atoms with E-state index in [-0.39, 0.29) is 6.61 Å². The van der Waals surface area contributed by atoms with Crippen molar-refractivity contribution >= 4 is 11.6 Å². The van der Waals surface area contributed by atoms with Gasteiger partial charge in [0.25, 0.3) is 0 Å². The molecule has 0 saturated heterocycles. The first kappa shape index (κ1) is 13.3. The van der Waals surface area contributed by atoms with E-state index in [1.165, 1.54) is 0 Å². The molecule has 90 valence electrons. The second-order valence-corrected chi connectivity index (χ2v) is 4.90. The second-order valence-electron chi connectivity index (χ2n) is 4.46. The van der Waals surface area contributed by atoms with Gasteiger partial charge in [0.05, 0.1) is 11.7 Å². The van der Waals surface area contributed by atoms with Gasteiger partial charge in [0.2, 0.25) is 0 Å². The minimum Gasteiger partial charge on any atom is -0.490 e. The van der Waals surface area contributed by atoms with E-state index in [1.807, 2.05) is 0 Å². The van der Waals surface area contributed by atoms with E-state index in [2.05, 4.69) is 0 Å². The van der Waals surface area contributed by atoms with Gasteiger partial charge in [-0.1, -0.05) is 11.6 Å². The molecule has 0 bridgehead atoms. The van der Waals surface area contributed by atoms with Crippen molar-refractivity contribution in [3.63, 3.8) is 0 Å². The lowest BCUT2D eigenvalue weighted by molar-refractivity contribution is 0.0272. The van der Waals surface area contributed by atoms with Crippen LogP contribution in [0.3, 0.4) is 0 Å². The van der Waals surface area contributed by atoms with Crippen LogP contribution in [-0.4, -0.2) is 22.4 Å². The summed E-state index contributed by atoms with van der Waals surface area (Å²) >= 11 is 5.83. The van der Waals surface area contributed by atoms with E-state index < -0.39 is 11.7 Å². The van der Waals surface area contributed by atoms with E-state index in [0.717, 1.165) is 0 Å². The molecule has 0 aliphatic heterocycles. The number of rotatable bonds is 4. The molecule has 0 radical (unpaired) electrons. The Morgan fingerprint density at radius 1 is 1.44 bits per heavy atom. The quantitative estimate of drug-likeness (QED) is 0.856. The highest BCUT2D eigenvalue weighted by molar-refractivity contribution is 6.30. The lowest BCUT2D eigenvalue weighted by Crippen LogP contribution is -2.28. The molecule has 2 N–H and O–H groups in total. The summed E-state index contributed by atoms with van der Waals surface area (Å²) in [5, 5.41) is 19.7. The van der Waals surface area contributed by atoms with Crippen LogP contribution in [0.1, 0.15) is 32.4 Å². The predicted octanol–water partition coefficient (Wildman–Crippen LogP) is 2.54. The number of aliphatic hydroxyl groups is 2. The molecule has 3 nitrogen and oxygen atoms in total. The first-order chi connectivity index (χ1) is 7.29. The van der Waals surface area contributed by atoms with E-state index in [4.69, 9.17) is 16.3 Å². The molecule has 1 aromatic rings. The minimum atomic E-state index is -0.907. The van der Waals surface area contributed by atoms with E-state index in [9.17, 15) is 10.2 Å². The third-order valence-electron chi connectivity index (χ3n) is 2.00. The maximum atomic E-state index is 9.56. The Bertz CT molecular complexity index is 356. The molecule has 1 rings (SSSR count). The fourth-order valence-corrected chi connectivity index (χ4v) is 1.41. The zero-order chi connectivity index (χ0) is 12.3. The number of benzene rings is 1. The molecule has 0 heterocycles. The molecule has 0 unspecified atom stereocenters. The maximum absolute atomic E-state index is 9.56. The van der Waals surface area contributed by atoms with Gasteiger partial charge in [-0.25, -0.2) is 0 Å². The van der Waals surface area contributed by atoms with Gasteiger partial charge in [-0.15, -0.1) is 0 Å². The molecular formula is C12H17ClO3. The number of hydrogen-bond acceptors (Lipinski definition) is 3. The fraction of sp³-hybridized carbons (Fsp3) is 0.500. The summed E-state index contributed by atoms with van der Waals surface area (Å²) in [6, 6.07) is 5.04. The van der Waals surface area contributed by atoms with Crippen LogP contribution in [0.4, 0.5) is 0 Å². The average Bonchev–Trinajstić information content (AvgIpc) is 2.14. The summed E-state index contributed by atoms with van der Waals surface area (Å²) in [6.07, 6.45) is -0.657. The maximum Gasteiger partial charge on any atom is 0.125 e. The molecule has 0 aromatic heterocycles. The molecule has 0 fully saturated rings. The zero-order valence-corrected chi connectivity index (χ0v) is 10.5. The topological polar surface area (TPSA) is 49.7 Å². The van der Waals surface area contributed by atoms with Crippen LogP contribution >= 0.6 is 11.6 Å². The molecule has 1 aromatic carbocycles. The zero-order valence-electron chi connectivity index (χ0n) is 9.70. The molecule has 0 aliphatic rings. The van der Waals surface area contributed by atoms with E-state index in [0.29, 0.717) is 16.3 Å². The lowest BCUT2D eigenvalue weighted by atomic mass is 10.1. The summed E-state index contributed by atoms with van der Waals surface area (Å²) in [5.74, 6) is 0.543. The van der Waals surface area contributed by atoms with Gasteiger partial charge in [-0.3, -0.25) is 0 Å². The summed E-state index contributed by atoms with van der Waals surface area (Å²) in [5.41, 5.74) is -0.285. The third kappa shape index (κ3) is 4.00. The van der Waals surface area contributed by atoms with Crippen LogP contribution in [0.15, 0.2) is 18.2 Å². The van der Waals surface area contributed by atoms with Crippen LogP contribution in [0.2, 0.25) is 5.02 Å². The monoisotopic (exact) mass is 244 g/mol. The van der Waals surface area contributed by atoms with E-state index in [1.54, 1.807) is 39.0 Å². The first-order valence-corrected chi connectivity index (χ1v) is 5.50. The highest BCUT2D eigenvalue weighted by Crippen LogP contribution is 2.28. The highest BCUT2D eigenvalue weighted by atomic mass is 35.5. The smallest absolute Gasteiger partial charge is 0.125 e. The van der Waals surface area contributed by atoms with Crippen molar-refractivity contribution < 1.29 is 14.9 Å². The number of aliphatic hydroxyl groups excluding tert-OH is 1. The minimum absolute atomic E-state index is 0.161. The summed E-state index contributed by atoms with van der Waals surface area (Å²) < 4.78 is 5.45. The van der Waals surface area contributed by atoms with Crippen LogP contribution in [0.5, 0.6) is 5.75 Å². The summed E-state index contributed by atoms with van der Waals surface area (Å²) in [4.78, 5) is 0. The lowest BCUT2D eigenvalue weighted by Gasteiger charge is -2.20. The summed E-state index contributed by atoms with van der Waals surface area (Å²) in [7, 11) is 0. The molecule has 16 heavy (non-hydrogen) atoms. The van der Waals surface area contributed by atoms with Crippen molar-refractivity contribution in [3.05, 3.63) is 28.8 Å². The van der Waals surface area contributed by atoms with Crippen molar-refractivity contribution in [1.82, 2.24) is 0 Å². The van der Waals surface area contributed by atoms with Gasteiger partial charge in [0, 0.05) is 10.6 Å². The number of ether oxygens (including phenoxy) is 1. The molecule has 4 heteroatoms. The average molecular weight is 245 g/mol. The Morgan fingerprint density at radius 3 is 2.56 bits per heavy atom. The van der Waals surface area contributed by atoms with Gasteiger partial charge in [0.15, 0.2) is 0 Å². The van der Waals surface area contributed by atoms with Crippen LogP contribution in [0, 0.1) is 0 Å². The van der Waals surface area contributed by atoms with Crippen LogP contribution in [-0.2, 0) is 0 Å². The van der Waals surface area contributed by atoms with Gasteiger partial charge in [-0.05, 0) is 39.0 Å². The predicted molar refractivity (Wildman–Crippen MR) is 63.9 cm³/mol. The van der Waals surface area contributed by atoms with Crippen LogP contribution in [0.25, 0.3) is 0 Å². The Morgan fingerprint density at radius 2 is 2.06 bits per heavy atom. The Labute approximate surface area is 101 Å². The van der Waals surface area contributed by atoms with Gasteiger partial charge < -0.3 is 14.9 Å². The number of halogens is 1. The van der Waals surface area contributed by atoms with Crippen molar-refractivity contribution in [3.8, 4) is 5.75 Å². The Kier molecular flexibility index (Phi) is 4.19. The molecule has 0 aliphatic carbocycles. The van der Waals surface area contributed by atoms with Gasteiger partial charge in [0.1, 0.15) is 12.4 Å². The van der Waals surface area contributed by atoms with Crippen molar-refractivity contribution in [2.45, 2.75) is 32.5 Å². The largest absolute Gasteiger partial charge is 0.490 e. The molecule has 0 spiro atoms. The number of hydrogen-bond donors (Lipinski definition) is 2. The normalized spacial score (nSPS) is 13.6. The Balaban J connectivity index is 2.87. The molecule has 1 atom stereocenters. The van der Waals surface area contributed by atoms with Crippen molar-refractivity contribution in [2.24, 2.45) is 0 Å². The first-order valence-electron chi connectivity index (χ1n) is 5.12. The van der Waals surface area contributed by atoms with Gasteiger partial charge in [-0.2, -0.15) is 0 Å². The van der Waals surface area contributed by atoms with Crippen LogP contribution < -0.4 is 4.74 Å². The summed E-state index contributed by atoms with van der Waals surface area (Å²) in [6.45, 7) is 5.12. The SMILES string of the molecule is C[C@H](O)c1cc(Cl)ccc1OCC(C)(C)O. The van der Waals surface area contributed by atoms with E-state index >= 15 is 0 Å². The molecule has 0 saturated carbocycles. The molecule has 0 amide bonds. The highest BCUT2D eigenvalue weighted by Gasteiger charge is 2.16. The van der Waals surface area contributed by atoms with Gasteiger partial charge >= 0.3 is 0 Å². The van der Waals surface area contributed by atoms with Crippen molar-refractivity contribution in [1.29, 1.82) is 0 Å². The third-order valence-corrected chi connectivity index (χ3v) is 2.24. The van der Waals surface area contributed by atoms with Crippen molar-refractivity contribution in [2.75, 3.05) is 6.61 Å².